The predicted octanol–water partition coefficient (Wildman–Crippen LogP) is 2.30. The van der Waals surface area contributed by atoms with Crippen molar-refractivity contribution >= 4 is 6.03 Å². The lowest BCUT2D eigenvalue weighted by Crippen LogP contribution is -2.48. The van der Waals surface area contributed by atoms with Crippen LogP contribution >= 0.6 is 0 Å². The van der Waals surface area contributed by atoms with E-state index in [1.54, 1.807) is 0 Å². The fourth-order valence-corrected chi connectivity index (χ4v) is 3.41. The molecule has 0 unspecified atom stereocenters. The van der Waals surface area contributed by atoms with Crippen LogP contribution in [-0.4, -0.2) is 65.8 Å². The first kappa shape index (κ1) is 19.2. The molecule has 2 N–H and O–H groups in total. The highest BCUT2D eigenvalue weighted by Gasteiger charge is 2.26. The Morgan fingerprint density at radius 1 is 1.14 bits per heavy atom. The molecule has 5 heteroatoms. The molecule has 22 heavy (non-hydrogen) atoms. The van der Waals surface area contributed by atoms with E-state index in [4.69, 9.17) is 0 Å². The number of hydrogen-bond acceptors (Lipinski definition) is 3. The Morgan fingerprint density at radius 2 is 1.68 bits per heavy atom. The molecule has 0 atom stereocenters. The average molecular weight is 313 g/mol. The zero-order valence-corrected chi connectivity index (χ0v) is 15.0. The summed E-state index contributed by atoms with van der Waals surface area (Å²) in [5.74, 6) is 0.429. The van der Waals surface area contributed by atoms with Gasteiger partial charge >= 0.3 is 6.03 Å². The molecular weight excluding hydrogens is 278 g/mol. The first-order valence-electron chi connectivity index (χ1n) is 8.74. The van der Waals surface area contributed by atoms with Gasteiger partial charge in [0.05, 0.1) is 0 Å². The maximum absolute atomic E-state index is 12.3. The highest BCUT2D eigenvalue weighted by molar-refractivity contribution is 5.74. The van der Waals surface area contributed by atoms with Gasteiger partial charge in [-0.25, -0.2) is 4.79 Å². The van der Waals surface area contributed by atoms with Crippen LogP contribution in [0.1, 0.15) is 53.4 Å². The van der Waals surface area contributed by atoms with Crippen LogP contribution in [0, 0.1) is 5.92 Å². The summed E-state index contributed by atoms with van der Waals surface area (Å²) in [5.41, 5.74) is 0. The quantitative estimate of drug-likeness (QED) is 0.758. The van der Waals surface area contributed by atoms with E-state index in [1.165, 1.54) is 0 Å². The molecule has 0 radical (unpaired) electrons. The highest BCUT2D eigenvalue weighted by Crippen LogP contribution is 2.26. The Hall–Kier alpha value is -0.810. The number of urea groups is 1. The van der Waals surface area contributed by atoms with E-state index >= 15 is 0 Å². The third-order valence-electron chi connectivity index (χ3n) is 4.92. The van der Waals surface area contributed by atoms with Gasteiger partial charge in [0.25, 0.3) is 0 Å². The van der Waals surface area contributed by atoms with E-state index in [9.17, 15) is 9.90 Å². The van der Waals surface area contributed by atoms with Crippen molar-refractivity contribution in [1.82, 2.24) is 15.1 Å². The molecule has 130 valence electrons. The van der Waals surface area contributed by atoms with Crippen LogP contribution in [0.5, 0.6) is 0 Å². The molecule has 0 aromatic heterocycles. The van der Waals surface area contributed by atoms with E-state index in [0.717, 1.165) is 32.2 Å². The lowest BCUT2D eigenvalue weighted by atomic mass is 9.86. The van der Waals surface area contributed by atoms with Crippen molar-refractivity contribution in [2.45, 2.75) is 71.5 Å². The van der Waals surface area contributed by atoms with Crippen LogP contribution in [-0.2, 0) is 0 Å². The topological polar surface area (TPSA) is 55.8 Å². The maximum atomic E-state index is 12.3. The molecule has 1 rings (SSSR count). The molecule has 0 saturated heterocycles. The molecule has 0 spiro atoms. The SMILES string of the molecule is CC(C)N(CCNC(=O)N(C)C1CCC(CO)CC1)C(C)C. The van der Waals surface area contributed by atoms with Crippen molar-refractivity contribution in [3.05, 3.63) is 0 Å². The van der Waals surface area contributed by atoms with Crippen molar-refractivity contribution in [2.24, 2.45) is 5.92 Å². The van der Waals surface area contributed by atoms with Crippen LogP contribution in [0.3, 0.4) is 0 Å². The summed E-state index contributed by atoms with van der Waals surface area (Å²) in [6.07, 6.45) is 4.04. The summed E-state index contributed by atoms with van der Waals surface area (Å²) in [6.45, 7) is 10.6. The van der Waals surface area contributed by atoms with Gasteiger partial charge in [0, 0.05) is 44.9 Å². The van der Waals surface area contributed by atoms with Crippen molar-refractivity contribution in [2.75, 3.05) is 26.7 Å². The minimum atomic E-state index is 0.0277. The monoisotopic (exact) mass is 313 g/mol. The summed E-state index contributed by atoms with van der Waals surface area (Å²) >= 11 is 0. The second-order valence-corrected chi connectivity index (χ2v) is 7.13. The van der Waals surface area contributed by atoms with Gasteiger partial charge in [0.1, 0.15) is 0 Å². The minimum Gasteiger partial charge on any atom is -0.396 e. The summed E-state index contributed by atoms with van der Waals surface area (Å²) in [5, 5.41) is 12.2. The van der Waals surface area contributed by atoms with Crippen LogP contribution in [0.25, 0.3) is 0 Å². The van der Waals surface area contributed by atoms with Gasteiger partial charge in [-0.15, -0.1) is 0 Å². The van der Waals surface area contributed by atoms with E-state index in [2.05, 4.69) is 37.9 Å². The largest absolute Gasteiger partial charge is 0.396 e. The van der Waals surface area contributed by atoms with Crippen LogP contribution in [0.4, 0.5) is 4.79 Å². The van der Waals surface area contributed by atoms with Crippen molar-refractivity contribution in [3.63, 3.8) is 0 Å². The Bertz CT molecular complexity index is 318. The molecule has 0 bridgehead atoms. The van der Waals surface area contributed by atoms with Gasteiger partial charge in [-0.05, 0) is 59.3 Å². The molecule has 0 heterocycles. The van der Waals surface area contributed by atoms with Crippen LogP contribution in [0.15, 0.2) is 0 Å². The summed E-state index contributed by atoms with van der Waals surface area (Å²) < 4.78 is 0. The number of rotatable bonds is 7. The zero-order valence-electron chi connectivity index (χ0n) is 15.0. The smallest absolute Gasteiger partial charge is 0.317 e. The molecule has 2 amide bonds. The molecule has 0 aliphatic heterocycles. The second kappa shape index (κ2) is 9.36. The lowest BCUT2D eigenvalue weighted by molar-refractivity contribution is 0.131. The lowest BCUT2D eigenvalue weighted by Gasteiger charge is -2.35. The van der Waals surface area contributed by atoms with E-state index < -0.39 is 0 Å². The van der Waals surface area contributed by atoms with Crippen LogP contribution in [0.2, 0.25) is 0 Å². The van der Waals surface area contributed by atoms with Gasteiger partial charge < -0.3 is 15.3 Å². The molecule has 1 aliphatic rings. The Labute approximate surface area is 136 Å². The first-order chi connectivity index (χ1) is 10.4. The van der Waals surface area contributed by atoms with Gasteiger partial charge in [-0.3, -0.25) is 4.90 Å². The van der Waals surface area contributed by atoms with Gasteiger partial charge in [0.2, 0.25) is 0 Å². The number of amides is 2. The molecular formula is C17H35N3O2. The molecule has 1 saturated carbocycles. The molecule has 1 aliphatic carbocycles. The Kier molecular flexibility index (Phi) is 8.18. The maximum Gasteiger partial charge on any atom is 0.317 e. The van der Waals surface area contributed by atoms with Gasteiger partial charge in [-0.1, -0.05) is 0 Å². The third-order valence-corrected chi connectivity index (χ3v) is 4.92. The average Bonchev–Trinajstić information content (AvgIpc) is 2.49. The standard InChI is InChI=1S/C17H35N3O2/c1-13(2)20(14(3)4)11-10-18-17(22)19(5)16-8-6-15(12-21)7-9-16/h13-16,21H,6-12H2,1-5H3,(H,18,22). The van der Waals surface area contributed by atoms with E-state index in [-0.39, 0.29) is 12.6 Å². The molecule has 0 aromatic carbocycles. The number of hydrogen-bond donors (Lipinski definition) is 2. The fourth-order valence-electron chi connectivity index (χ4n) is 3.41. The third kappa shape index (κ3) is 5.76. The van der Waals surface area contributed by atoms with Gasteiger partial charge in [0.15, 0.2) is 0 Å². The summed E-state index contributed by atoms with van der Waals surface area (Å²) in [6, 6.07) is 1.32. The normalized spacial score (nSPS) is 22.4. The zero-order chi connectivity index (χ0) is 16.7. The summed E-state index contributed by atoms with van der Waals surface area (Å²) in [4.78, 5) is 16.5. The van der Waals surface area contributed by atoms with Crippen molar-refractivity contribution in [3.8, 4) is 0 Å². The number of carbonyl (C=O) groups is 1. The number of nitrogens with one attached hydrogen (secondary N) is 1. The molecule has 1 fully saturated rings. The fraction of sp³-hybridized carbons (Fsp3) is 0.941. The van der Waals surface area contributed by atoms with E-state index in [1.807, 2.05) is 11.9 Å². The number of aliphatic hydroxyl groups excluding tert-OH is 1. The van der Waals surface area contributed by atoms with Crippen molar-refractivity contribution < 1.29 is 9.90 Å². The second-order valence-electron chi connectivity index (χ2n) is 7.13. The number of aliphatic hydroxyl groups is 1. The summed E-state index contributed by atoms with van der Waals surface area (Å²) in [7, 11) is 1.89. The van der Waals surface area contributed by atoms with Crippen molar-refractivity contribution in [1.29, 1.82) is 0 Å². The van der Waals surface area contributed by atoms with Gasteiger partial charge in [-0.2, -0.15) is 0 Å². The molecule has 0 aromatic rings. The first-order valence-corrected chi connectivity index (χ1v) is 8.74. The Balaban J connectivity index is 2.32. The van der Waals surface area contributed by atoms with Crippen LogP contribution < -0.4 is 5.32 Å². The predicted molar refractivity (Wildman–Crippen MR) is 91.0 cm³/mol. The number of carbonyl (C=O) groups excluding carboxylic acids is 1. The highest BCUT2D eigenvalue weighted by atomic mass is 16.3. The van der Waals surface area contributed by atoms with E-state index in [0.29, 0.717) is 30.6 Å². The Morgan fingerprint density at radius 3 is 2.14 bits per heavy atom. The minimum absolute atomic E-state index is 0.0277. The number of nitrogens with zero attached hydrogens (tertiary/aromatic N) is 2. The molecule has 5 nitrogen and oxygen atoms in total.